The van der Waals surface area contributed by atoms with E-state index >= 15 is 0 Å². The molecule has 1 fully saturated rings. The molecule has 0 aromatic rings. The molecule has 2 N–H and O–H groups in total. The standard InChI is InChI=1S/C14H30N2/c1-5-7-14(8-9-15-11-14)12-16-10-13(3,4)6-2/h15-16H,5-12H2,1-4H3. The summed E-state index contributed by atoms with van der Waals surface area (Å²) in [5.41, 5.74) is 0.984. The summed E-state index contributed by atoms with van der Waals surface area (Å²) in [7, 11) is 0. The van der Waals surface area contributed by atoms with Crippen molar-refractivity contribution >= 4 is 0 Å². The van der Waals surface area contributed by atoms with Crippen molar-refractivity contribution in [1.82, 2.24) is 10.6 Å². The van der Waals surface area contributed by atoms with Crippen molar-refractivity contribution in [1.29, 1.82) is 0 Å². The third kappa shape index (κ3) is 4.06. The summed E-state index contributed by atoms with van der Waals surface area (Å²) in [5, 5.41) is 7.22. The van der Waals surface area contributed by atoms with Crippen LogP contribution in [0.2, 0.25) is 0 Å². The van der Waals surface area contributed by atoms with Gasteiger partial charge in [-0.25, -0.2) is 0 Å². The van der Waals surface area contributed by atoms with E-state index in [4.69, 9.17) is 0 Å². The second-order valence-corrected chi connectivity index (χ2v) is 6.30. The fourth-order valence-electron chi connectivity index (χ4n) is 2.57. The lowest BCUT2D eigenvalue weighted by atomic mass is 9.82. The third-order valence-corrected chi connectivity index (χ3v) is 4.17. The highest BCUT2D eigenvalue weighted by molar-refractivity contribution is 4.89. The van der Waals surface area contributed by atoms with Gasteiger partial charge in [-0.3, -0.25) is 0 Å². The molecule has 96 valence electrons. The molecule has 1 unspecified atom stereocenters. The van der Waals surface area contributed by atoms with E-state index in [1.807, 2.05) is 0 Å². The molecule has 1 atom stereocenters. The van der Waals surface area contributed by atoms with Gasteiger partial charge in [0.1, 0.15) is 0 Å². The van der Waals surface area contributed by atoms with Crippen LogP contribution in [-0.4, -0.2) is 26.2 Å². The largest absolute Gasteiger partial charge is 0.316 e. The molecule has 0 spiro atoms. The average molecular weight is 226 g/mol. The molecule has 1 saturated heterocycles. The maximum absolute atomic E-state index is 3.70. The van der Waals surface area contributed by atoms with Crippen LogP contribution in [0.5, 0.6) is 0 Å². The molecule has 0 saturated carbocycles. The second-order valence-electron chi connectivity index (χ2n) is 6.30. The van der Waals surface area contributed by atoms with Crippen LogP contribution >= 0.6 is 0 Å². The van der Waals surface area contributed by atoms with Crippen LogP contribution in [-0.2, 0) is 0 Å². The van der Waals surface area contributed by atoms with Crippen LogP contribution in [0.25, 0.3) is 0 Å². The lowest BCUT2D eigenvalue weighted by Crippen LogP contribution is -2.40. The number of nitrogens with one attached hydrogen (secondary N) is 2. The summed E-state index contributed by atoms with van der Waals surface area (Å²) in [6, 6.07) is 0. The highest BCUT2D eigenvalue weighted by atomic mass is 15.0. The molecule has 1 aliphatic rings. The predicted molar refractivity (Wildman–Crippen MR) is 71.8 cm³/mol. The number of hydrogen-bond donors (Lipinski definition) is 2. The minimum atomic E-state index is 0.444. The Balaban J connectivity index is 2.33. The van der Waals surface area contributed by atoms with E-state index in [-0.39, 0.29) is 0 Å². The Morgan fingerprint density at radius 3 is 2.56 bits per heavy atom. The fraction of sp³-hybridized carbons (Fsp3) is 1.00. The summed E-state index contributed by atoms with van der Waals surface area (Å²) in [5.74, 6) is 0. The maximum atomic E-state index is 3.70. The molecule has 16 heavy (non-hydrogen) atoms. The first-order valence-corrected chi connectivity index (χ1v) is 6.95. The third-order valence-electron chi connectivity index (χ3n) is 4.17. The van der Waals surface area contributed by atoms with Crippen molar-refractivity contribution in [2.24, 2.45) is 10.8 Å². The first kappa shape index (κ1) is 14.0. The Labute approximate surface area is 102 Å². The maximum Gasteiger partial charge on any atom is 0.00207 e. The molecular weight excluding hydrogens is 196 g/mol. The lowest BCUT2D eigenvalue weighted by molar-refractivity contribution is 0.247. The van der Waals surface area contributed by atoms with Crippen molar-refractivity contribution in [2.75, 3.05) is 26.2 Å². The fourth-order valence-corrected chi connectivity index (χ4v) is 2.57. The van der Waals surface area contributed by atoms with Crippen LogP contribution < -0.4 is 10.6 Å². The molecule has 0 aromatic carbocycles. The molecule has 0 amide bonds. The summed E-state index contributed by atoms with van der Waals surface area (Å²) in [6.45, 7) is 14.0. The normalized spacial score (nSPS) is 26.2. The summed E-state index contributed by atoms with van der Waals surface area (Å²) in [4.78, 5) is 0. The second kappa shape index (κ2) is 6.02. The molecule has 0 aliphatic carbocycles. The van der Waals surface area contributed by atoms with E-state index in [0.29, 0.717) is 10.8 Å². The van der Waals surface area contributed by atoms with Gasteiger partial charge in [-0.05, 0) is 36.6 Å². The number of rotatable bonds is 7. The van der Waals surface area contributed by atoms with Gasteiger partial charge < -0.3 is 10.6 Å². The average Bonchev–Trinajstić information content (AvgIpc) is 2.67. The monoisotopic (exact) mass is 226 g/mol. The first-order valence-electron chi connectivity index (χ1n) is 6.95. The molecule has 0 bridgehead atoms. The van der Waals surface area contributed by atoms with Gasteiger partial charge in [0, 0.05) is 19.6 Å². The van der Waals surface area contributed by atoms with Crippen molar-refractivity contribution in [3.63, 3.8) is 0 Å². The predicted octanol–water partition coefficient (Wildman–Crippen LogP) is 2.79. The van der Waals surface area contributed by atoms with E-state index < -0.39 is 0 Å². The first-order chi connectivity index (χ1) is 7.54. The van der Waals surface area contributed by atoms with Gasteiger partial charge in [0.2, 0.25) is 0 Å². The van der Waals surface area contributed by atoms with Gasteiger partial charge in [0.05, 0.1) is 0 Å². The van der Waals surface area contributed by atoms with Gasteiger partial charge in [-0.15, -0.1) is 0 Å². The minimum absolute atomic E-state index is 0.444. The Morgan fingerprint density at radius 2 is 2.06 bits per heavy atom. The summed E-state index contributed by atoms with van der Waals surface area (Å²) >= 11 is 0. The zero-order valence-electron chi connectivity index (χ0n) is 11.7. The molecule has 1 rings (SSSR count). The molecule has 0 aromatic heterocycles. The van der Waals surface area contributed by atoms with Crippen LogP contribution in [0.4, 0.5) is 0 Å². The highest BCUT2D eigenvalue weighted by Crippen LogP contribution is 2.30. The molecule has 2 nitrogen and oxygen atoms in total. The smallest absolute Gasteiger partial charge is 0.00207 e. The Morgan fingerprint density at radius 1 is 1.31 bits per heavy atom. The molecule has 1 aliphatic heterocycles. The quantitative estimate of drug-likeness (QED) is 0.697. The van der Waals surface area contributed by atoms with E-state index in [2.05, 4.69) is 38.3 Å². The zero-order valence-corrected chi connectivity index (χ0v) is 11.7. The SMILES string of the molecule is CCCC1(CNCC(C)(C)CC)CCNC1. The summed E-state index contributed by atoms with van der Waals surface area (Å²) in [6.07, 6.45) is 5.26. The zero-order chi connectivity index (χ0) is 12.1. The molecule has 2 heteroatoms. The van der Waals surface area contributed by atoms with E-state index in [1.54, 1.807) is 0 Å². The van der Waals surface area contributed by atoms with Gasteiger partial charge in [0.25, 0.3) is 0 Å². The number of hydrogen-bond acceptors (Lipinski definition) is 2. The van der Waals surface area contributed by atoms with Crippen LogP contribution in [0.3, 0.4) is 0 Å². The highest BCUT2D eigenvalue weighted by Gasteiger charge is 2.32. The van der Waals surface area contributed by atoms with Crippen LogP contribution in [0.15, 0.2) is 0 Å². The van der Waals surface area contributed by atoms with E-state index in [1.165, 1.54) is 45.3 Å². The minimum Gasteiger partial charge on any atom is -0.316 e. The molecule has 1 heterocycles. The Kier molecular flexibility index (Phi) is 5.26. The lowest BCUT2D eigenvalue weighted by Gasteiger charge is -2.31. The Hall–Kier alpha value is -0.0800. The Bertz CT molecular complexity index is 193. The van der Waals surface area contributed by atoms with Crippen molar-refractivity contribution < 1.29 is 0 Å². The molecular formula is C14H30N2. The van der Waals surface area contributed by atoms with Gasteiger partial charge in [-0.1, -0.05) is 34.1 Å². The van der Waals surface area contributed by atoms with Crippen molar-refractivity contribution in [3.8, 4) is 0 Å². The van der Waals surface area contributed by atoms with E-state index in [9.17, 15) is 0 Å². The van der Waals surface area contributed by atoms with Gasteiger partial charge in [0.15, 0.2) is 0 Å². The van der Waals surface area contributed by atoms with Gasteiger partial charge >= 0.3 is 0 Å². The summed E-state index contributed by atoms with van der Waals surface area (Å²) < 4.78 is 0. The topological polar surface area (TPSA) is 24.1 Å². The van der Waals surface area contributed by atoms with Crippen molar-refractivity contribution in [3.05, 3.63) is 0 Å². The van der Waals surface area contributed by atoms with Gasteiger partial charge in [-0.2, -0.15) is 0 Å². The van der Waals surface area contributed by atoms with Crippen LogP contribution in [0, 0.1) is 10.8 Å². The van der Waals surface area contributed by atoms with Crippen molar-refractivity contribution in [2.45, 2.75) is 53.4 Å². The van der Waals surface area contributed by atoms with E-state index in [0.717, 1.165) is 6.54 Å². The van der Waals surface area contributed by atoms with Crippen LogP contribution in [0.1, 0.15) is 53.4 Å². The molecule has 0 radical (unpaired) electrons.